The van der Waals surface area contributed by atoms with Crippen LogP contribution in [-0.4, -0.2) is 46.2 Å². The molecule has 0 saturated carbocycles. The minimum Gasteiger partial charge on any atom is -0.444 e. The number of carbonyl (C=O) groups excluding carboxylic acids is 2. The Morgan fingerprint density at radius 1 is 1.21 bits per heavy atom. The van der Waals surface area contributed by atoms with E-state index in [4.69, 9.17) is 21.2 Å². The average molecular weight is 392 g/mol. The molecule has 24 heavy (non-hydrogen) atoms. The Hall–Kier alpha value is -1.58. The molecule has 0 radical (unpaired) electrons. The van der Waals surface area contributed by atoms with Crippen molar-refractivity contribution in [2.24, 2.45) is 5.16 Å². The van der Waals surface area contributed by atoms with Crippen LogP contribution < -0.4 is 0 Å². The lowest BCUT2D eigenvalue weighted by Crippen LogP contribution is -2.29. The number of nitrogens with zero attached hydrogens (tertiary/aromatic N) is 3. The summed E-state index contributed by atoms with van der Waals surface area (Å²) >= 11 is 8.17. The summed E-state index contributed by atoms with van der Waals surface area (Å²) in [5.41, 5.74) is 0.695. The zero-order valence-electron chi connectivity index (χ0n) is 13.7. The van der Waals surface area contributed by atoms with E-state index < -0.39 is 12.2 Å². The van der Waals surface area contributed by atoms with E-state index in [1.54, 1.807) is 31.2 Å². The Morgan fingerprint density at radius 3 is 2.46 bits per heavy atom. The molecule has 0 aliphatic rings. The lowest BCUT2D eigenvalue weighted by atomic mass is 10.2. The van der Waals surface area contributed by atoms with Crippen molar-refractivity contribution in [3.63, 3.8) is 0 Å². The Kier molecular flexibility index (Phi) is 8.80. The molecule has 0 aliphatic carbocycles. The first-order valence-electron chi connectivity index (χ1n) is 6.70. The van der Waals surface area contributed by atoms with Gasteiger partial charge in [0.1, 0.15) is 11.7 Å². The molecule has 0 unspecified atom stereocenters. The number of halogens is 1. The van der Waals surface area contributed by atoms with Gasteiger partial charge in [0.15, 0.2) is 0 Å². The highest BCUT2D eigenvalue weighted by molar-refractivity contribution is 8.13. The maximum absolute atomic E-state index is 11.9. The Balaban J connectivity index is 2.45. The van der Waals surface area contributed by atoms with Gasteiger partial charge >= 0.3 is 12.2 Å². The summed E-state index contributed by atoms with van der Waals surface area (Å²) in [6.07, 6.45) is 0.482. The normalized spacial score (nSPS) is 11.0. The first-order valence-corrected chi connectivity index (χ1v) is 9.03. The summed E-state index contributed by atoms with van der Waals surface area (Å²) in [6, 6.07) is 7.06. The van der Waals surface area contributed by atoms with Gasteiger partial charge in [0, 0.05) is 24.7 Å². The second kappa shape index (κ2) is 10.3. The highest BCUT2D eigenvalue weighted by atomic mass is 35.5. The van der Waals surface area contributed by atoms with Gasteiger partial charge in [0.25, 0.3) is 0 Å². The maximum atomic E-state index is 11.9. The van der Waals surface area contributed by atoms with Gasteiger partial charge in [-0.05, 0) is 19.2 Å². The molecule has 1 aromatic rings. The minimum atomic E-state index is -0.709. The fraction of sp³-hybridized carbons (Fsp3) is 0.357. The molecule has 7 nitrogen and oxygen atoms in total. The number of amides is 2. The molecule has 0 atom stereocenters. The lowest BCUT2D eigenvalue weighted by molar-refractivity contribution is 0.123. The second-order valence-electron chi connectivity index (χ2n) is 4.39. The molecule has 10 heteroatoms. The maximum Gasteiger partial charge on any atom is 0.447 e. The van der Waals surface area contributed by atoms with Crippen molar-refractivity contribution < 1.29 is 19.2 Å². The van der Waals surface area contributed by atoms with Gasteiger partial charge in [-0.2, -0.15) is 0 Å². The first kappa shape index (κ1) is 20.5. The van der Waals surface area contributed by atoms with Gasteiger partial charge in [-0.15, -0.1) is 11.8 Å². The molecular formula is C14H18ClN3O4S2. The zero-order valence-corrected chi connectivity index (χ0v) is 16.1. The summed E-state index contributed by atoms with van der Waals surface area (Å²) in [5.74, 6) is 0. The van der Waals surface area contributed by atoms with Crippen molar-refractivity contribution in [1.82, 2.24) is 8.61 Å². The quantitative estimate of drug-likeness (QED) is 0.246. The Bertz CT molecular complexity index is 615. The SMILES string of the molecule is CSC(C)=NOC(=O)N(C)SN(C)C(=O)OCc1ccccc1Cl. The molecule has 0 N–H and O–H groups in total. The highest BCUT2D eigenvalue weighted by Gasteiger charge is 2.19. The van der Waals surface area contributed by atoms with Crippen molar-refractivity contribution in [2.75, 3.05) is 20.4 Å². The van der Waals surface area contributed by atoms with Crippen LogP contribution in [0.25, 0.3) is 0 Å². The number of oxime groups is 1. The third kappa shape index (κ3) is 6.90. The van der Waals surface area contributed by atoms with Crippen LogP contribution in [-0.2, 0) is 16.2 Å². The van der Waals surface area contributed by atoms with Crippen molar-refractivity contribution >= 4 is 52.7 Å². The van der Waals surface area contributed by atoms with Crippen LogP contribution in [0.3, 0.4) is 0 Å². The lowest BCUT2D eigenvalue weighted by Gasteiger charge is -2.20. The number of hydrogen-bond donors (Lipinski definition) is 0. The Labute approximate surface area is 154 Å². The molecule has 0 fully saturated rings. The van der Waals surface area contributed by atoms with E-state index in [2.05, 4.69) is 5.16 Å². The largest absolute Gasteiger partial charge is 0.447 e. The van der Waals surface area contributed by atoms with Gasteiger partial charge in [-0.25, -0.2) is 18.2 Å². The molecular weight excluding hydrogens is 374 g/mol. The van der Waals surface area contributed by atoms with Gasteiger partial charge in [-0.1, -0.05) is 35.0 Å². The van der Waals surface area contributed by atoms with Crippen LogP contribution in [0.2, 0.25) is 5.02 Å². The van der Waals surface area contributed by atoms with Crippen LogP contribution in [0.5, 0.6) is 0 Å². The van der Waals surface area contributed by atoms with Crippen LogP contribution >= 0.6 is 35.5 Å². The fourth-order valence-electron chi connectivity index (χ4n) is 1.29. The van der Waals surface area contributed by atoms with Crippen LogP contribution in [0.1, 0.15) is 12.5 Å². The van der Waals surface area contributed by atoms with E-state index in [-0.39, 0.29) is 6.61 Å². The zero-order chi connectivity index (χ0) is 18.1. The van der Waals surface area contributed by atoms with Gasteiger partial charge in [0.05, 0.1) is 12.1 Å². The standard InChI is InChI=1S/C14H18ClN3O4S2/c1-10(23-4)16-22-14(20)18(3)24-17(2)13(19)21-9-11-7-5-6-8-12(11)15/h5-8H,9H2,1-4H3. The van der Waals surface area contributed by atoms with Crippen LogP contribution in [0, 0.1) is 0 Å². The summed E-state index contributed by atoms with van der Waals surface area (Å²) in [6.45, 7) is 1.75. The molecule has 1 aromatic carbocycles. The monoisotopic (exact) mass is 391 g/mol. The topological polar surface area (TPSA) is 71.4 Å². The van der Waals surface area contributed by atoms with Gasteiger partial charge in [-0.3, -0.25) is 4.84 Å². The summed E-state index contributed by atoms with van der Waals surface area (Å²) < 4.78 is 7.41. The van der Waals surface area contributed by atoms with Gasteiger partial charge < -0.3 is 4.74 Å². The molecule has 0 aliphatic heterocycles. The molecule has 0 spiro atoms. The van der Waals surface area contributed by atoms with E-state index in [0.717, 1.165) is 20.7 Å². The highest BCUT2D eigenvalue weighted by Crippen LogP contribution is 2.18. The van der Waals surface area contributed by atoms with Crippen molar-refractivity contribution in [3.05, 3.63) is 34.9 Å². The van der Waals surface area contributed by atoms with E-state index in [1.165, 1.54) is 25.9 Å². The predicted octanol–water partition coefficient (Wildman–Crippen LogP) is 4.24. The number of carbonyl (C=O) groups is 2. The van der Waals surface area contributed by atoms with E-state index in [0.29, 0.717) is 15.6 Å². The molecule has 0 aromatic heterocycles. The molecule has 0 saturated heterocycles. The predicted molar refractivity (Wildman–Crippen MR) is 97.9 cm³/mol. The average Bonchev–Trinajstić information content (AvgIpc) is 2.57. The summed E-state index contributed by atoms with van der Waals surface area (Å²) in [4.78, 5) is 28.4. The van der Waals surface area contributed by atoms with Crippen LogP contribution in [0.15, 0.2) is 29.4 Å². The number of hydrogen-bond acceptors (Lipinski definition) is 7. The number of thioether (sulfide) groups is 1. The number of rotatable bonds is 5. The Morgan fingerprint density at radius 2 is 1.83 bits per heavy atom. The third-order valence-corrected chi connectivity index (χ3v) is 4.44. The number of ether oxygens (including phenoxy) is 1. The summed E-state index contributed by atoms with van der Waals surface area (Å²) in [5, 5.41) is 4.75. The molecule has 0 bridgehead atoms. The first-order chi connectivity index (χ1) is 11.3. The summed E-state index contributed by atoms with van der Waals surface area (Å²) in [7, 11) is 2.93. The second-order valence-corrected chi connectivity index (χ2v) is 7.06. The van der Waals surface area contributed by atoms with E-state index >= 15 is 0 Å². The fourth-order valence-corrected chi connectivity index (χ4v) is 2.18. The molecule has 132 valence electrons. The van der Waals surface area contributed by atoms with Crippen molar-refractivity contribution in [2.45, 2.75) is 13.5 Å². The third-order valence-electron chi connectivity index (χ3n) is 2.62. The molecule has 1 rings (SSSR count). The van der Waals surface area contributed by atoms with Gasteiger partial charge in [0.2, 0.25) is 0 Å². The number of benzene rings is 1. The molecule has 2 amide bonds. The smallest absolute Gasteiger partial charge is 0.444 e. The van der Waals surface area contributed by atoms with E-state index in [9.17, 15) is 9.59 Å². The molecule has 0 heterocycles. The van der Waals surface area contributed by atoms with Crippen molar-refractivity contribution in [1.29, 1.82) is 0 Å². The van der Waals surface area contributed by atoms with Crippen molar-refractivity contribution in [3.8, 4) is 0 Å². The van der Waals surface area contributed by atoms with E-state index in [1.807, 2.05) is 6.26 Å². The minimum absolute atomic E-state index is 0.0365. The van der Waals surface area contributed by atoms with Crippen LogP contribution in [0.4, 0.5) is 9.59 Å².